The fourth-order valence-corrected chi connectivity index (χ4v) is 6.85. The Morgan fingerprint density at radius 1 is 0.500 bits per heavy atom. The molecular weight excluding hydrogens is 560 g/mol. The van der Waals surface area contributed by atoms with E-state index < -0.39 is 0 Å². The second-order valence-electron chi connectivity index (χ2n) is 11.8. The molecule has 0 spiro atoms. The van der Waals surface area contributed by atoms with Crippen LogP contribution in [0.4, 0.5) is 11.4 Å². The fraction of sp³-hybridized carbons (Fsp3) is 0.0476. The normalized spacial score (nSPS) is 12.1. The molecule has 0 aliphatic heterocycles. The second-order valence-corrected chi connectivity index (χ2v) is 11.8. The summed E-state index contributed by atoms with van der Waals surface area (Å²) in [7, 11) is 0. The van der Waals surface area contributed by atoms with Gasteiger partial charge in [0, 0.05) is 32.9 Å². The lowest BCUT2D eigenvalue weighted by Gasteiger charge is -2.11. The molecule has 0 saturated carbocycles. The van der Waals surface area contributed by atoms with Gasteiger partial charge in [0.2, 0.25) is 0 Å². The summed E-state index contributed by atoms with van der Waals surface area (Å²) in [5, 5.41) is 5.01. The van der Waals surface area contributed by atoms with Gasteiger partial charge in [0.15, 0.2) is 0 Å². The minimum absolute atomic E-state index is 0.616. The quantitative estimate of drug-likeness (QED) is 0.188. The van der Waals surface area contributed by atoms with E-state index in [2.05, 4.69) is 137 Å². The lowest BCUT2D eigenvalue weighted by molar-refractivity contribution is 1.15. The first-order chi connectivity index (χ1) is 22.6. The van der Waals surface area contributed by atoms with E-state index in [9.17, 15) is 0 Å². The number of fused-ring (bicyclic) bond motifs is 6. The van der Waals surface area contributed by atoms with Crippen LogP contribution in [0.2, 0.25) is 0 Å². The first-order valence-electron chi connectivity index (χ1n) is 15.7. The summed E-state index contributed by atoms with van der Waals surface area (Å²) in [4.78, 5) is 0. The van der Waals surface area contributed by atoms with Gasteiger partial charge in [-0.1, -0.05) is 103 Å². The molecule has 2 aromatic heterocycles. The molecule has 0 saturated heterocycles. The lowest BCUT2D eigenvalue weighted by atomic mass is 10.0. The van der Waals surface area contributed by atoms with Crippen molar-refractivity contribution < 1.29 is 0 Å². The van der Waals surface area contributed by atoms with E-state index >= 15 is 0 Å². The van der Waals surface area contributed by atoms with Crippen LogP contribution in [0.3, 0.4) is 0 Å². The monoisotopic (exact) mass is 594 g/mol. The smallest absolute Gasteiger partial charge is 0.0627 e. The Morgan fingerprint density at radius 3 is 1.72 bits per heavy atom. The van der Waals surface area contributed by atoms with Crippen molar-refractivity contribution in [3.63, 3.8) is 0 Å². The van der Waals surface area contributed by atoms with E-state index in [-0.39, 0.29) is 0 Å². The highest BCUT2D eigenvalue weighted by Crippen LogP contribution is 2.39. The number of rotatable bonds is 6. The van der Waals surface area contributed by atoms with Gasteiger partial charge in [-0.2, -0.15) is 0 Å². The van der Waals surface area contributed by atoms with Gasteiger partial charge in [-0.15, -0.1) is 0 Å². The van der Waals surface area contributed by atoms with Crippen LogP contribution in [-0.2, 0) is 6.42 Å². The maximum absolute atomic E-state index is 6.38. The summed E-state index contributed by atoms with van der Waals surface area (Å²) in [6.45, 7) is 1.97. The van der Waals surface area contributed by atoms with Crippen LogP contribution in [0.15, 0.2) is 140 Å². The SMILES string of the molecule is C/C=C\c1ccc(/C=C\Cc2cccc(-n3c4ccccc4c4cc5c6ccccc6n(-c6ccccc6)c5cc43)c2)c(N)c1N. The summed E-state index contributed by atoms with van der Waals surface area (Å²) in [6, 6.07) is 45.7. The Labute approximate surface area is 268 Å². The molecule has 4 N–H and O–H groups in total. The maximum Gasteiger partial charge on any atom is 0.0627 e. The molecule has 0 radical (unpaired) electrons. The predicted octanol–water partition coefficient (Wildman–Crippen LogP) is 10.3. The average Bonchev–Trinajstić information content (AvgIpc) is 3.59. The number of nitrogens with two attached hydrogens (primary N) is 2. The number of benzene rings is 6. The van der Waals surface area contributed by atoms with Gasteiger partial charge in [0.25, 0.3) is 0 Å². The van der Waals surface area contributed by atoms with E-state index in [4.69, 9.17) is 11.5 Å². The van der Waals surface area contributed by atoms with Crippen molar-refractivity contribution in [1.82, 2.24) is 9.13 Å². The Bertz CT molecular complexity index is 2470. The standard InChI is InChI=1S/C42H34N4/c1-2-12-29-23-24-30(42(44)41(29)43)15-10-13-28-14-11-18-32(25-28)46-38-22-9-7-20-34(38)36-26-35-33-19-6-8-21-37(33)45(39(35)27-40(36)46)31-16-4-3-5-17-31/h2-12,14-27H,13,43-44H2,1H3/b12-2-,15-10-. The highest BCUT2D eigenvalue weighted by molar-refractivity contribution is 6.19. The lowest BCUT2D eigenvalue weighted by Crippen LogP contribution is -1.99. The molecule has 46 heavy (non-hydrogen) atoms. The molecule has 222 valence electrons. The van der Waals surface area contributed by atoms with Crippen molar-refractivity contribution in [3.8, 4) is 11.4 Å². The summed E-state index contributed by atoms with van der Waals surface area (Å²) in [5.41, 5.74) is 24.1. The average molecular weight is 595 g/mol. The number of aromatic nitrogens is 2. The van der Waals surface area contributed by atoms with Crippen molar-refractivity contribution in [2.45, 2.75) is 13.3 Å². The summed E-state index contributed by atoms with van der Waals surface area (Å²) >= 11 is 0. The van der Waals surface area contributed by atoms with Crippen LogP contribution >= 0.6 is 0 Å². The zero-order valence-corrected chi connectivity index (χ0v) is 25.7. The van der Waals surface area contributed by atoms with Gasteiger partial charge in [0.05, 0.1) is 33.4 Å². The highest BCUT2D eigenvalue weighted by atomic mass is 15.0. The molecule has 8 rings (SSSR count). The molecule has 0 aliphatic carbocycles. The van der Waals surface area contributed by atoms with Crippen molar-refractivity contribution in [1.29, 1.82) is 0 Å². The van der Waals surface area contributed by atoms with Crippen LogP contribution in [0.25, 0.3) is 67.1 Å². The first-order valence-corrected chi connectivity index (χ1v) is 15.7. The predicted molar refractivity (Wildman–Crippen MR) is 198 cm³/mol. The van der Waals surface area contributed by atoms with Gasteiger partial charge >= 0.3 is 0 Å². The second kappa shape index (κ2) is 11.2. The topological polar surface area (TPSA) is 61.9 Å². The van der Waals surface area contributed by atoms with Crippen LogP contribution in [-0.4, -0.2) is 9.13 Å². The molecule has 0 aliphatic rings. The molecule has 6 aromatic carbocycles. The van der Waals surface area contributed by atoms with Gasteiger partial charge in [-0.25, -0.2) is 0 Å². The van der Waals surface area contributed by atoms with E-state index in [0.717, 1.165) is 28.9 Å². The Hall–Kier alpha value is -6.00. The number of allylic oxidation sites excluding steroid dienone is 2. The van der Waals surface area contributed by atoms with E-state index in [1.807, 2.05) is 31.2 Å². The third-order valence-electron chi connectivity index (χ3n) is 9.00. The number of hydrogen-bond acceptors (Lipinski definition) is 2. The van der Waals surface area contributed by atoms with Gasteiger partial charge in [-0.3, -0.25) is 0 Å². The third kappa shape index (κ3) is 4.46. The number of para-hydroxylation sites is 3. The zero-order chi connectivity index (χ0) is 31.2. The van der Waals surface area contributed by atoms with E-state index in [1.54, 1.807) is 0 Å². The molecule has 0 amide bonds. The van der Waals surface area contributed by atoms with Crippen molar-refractivity contribution in [3.05, 3.63) is 156 Å². The van der Waals surface area contributed by atoms with Crippen LogP contribution in [0.5, 0.6) is 0 Å². The molecule has 4 nitrogen and oxygen atoms in total. The highest BCUT2D eigenvalue weighted by Gasteiger charge is 2.18. The summed E-state index contributed by atoms with van der Waals surface area (Å²) in [6.07, 6.45) is 8.94. The van der Waals surface area contributed by atoms with Crippen molar-refractivity contribution in [2.24, 2.45) is 0 Å². The Balaban J connectivity index is 1.27. The van der Waals surface area contributed by atoms with Gasteiger partial charge in [0.1, 0.15) is 0 Å². The number of nitrogen functional groups attached to an aromatic ring is 2. The van der Waals surface area contributed by atoms with E-state index in [0.29, 0.717) is 11.4 Å². The molecule has 2 heterocycles. The Morgan fingerprint density at radius 2 is 1.07 bits per heavy atom. The number of nitrogens with zero attached hydrogens (tertiary/aromatic N) is 2. The largest absolute Gasteiger partial charge is 0.397 e. The van der Waals surface area contributed by atoms with Crippen LogP contribution < -0.4 is 11.5 Å². The molecule has 0 fully saturated rings. The molecular formula is C42H34N4. The first kappa shape index (κ1) is 27.5. The van der Waals surface area contributed by atoms with Gasteiger partial charge in [-0.05, 0) is 78.6 Å². The number of hydrogen-bond donors (Lipinski definition) is 2. The molecule has 0 bridgehead atoms. The van der Waals surface area contributed by atoms with Gasteiger partial charge < -0.3 is 20.6 Å². The Kier molecular flexibility index (Phi) is 6.69. The molecule has 0 unspecified atom stereocenters. The van der Waals surface area contributed by atoms with Crippen LogP contribution in [0.1, 0.15) is 23.6 Å². The third-order valence-corrected chi connectivity index (χ3v) is 9.00. The maximum atomic E-state index is 6.38. The summed E-state index contributed by atoms with van der Waals surface area (Å²) in [5.74, 6) is 0. The van der Waals surface area contributed by atoms with Crippen molar-refractivity contribution in [2.75, 3.05) is 11.5 Å². The number of anilines is 2. The van der Waals surface area contributed by atoms with E-state index in [1.165, 1.54) is 49.2 Å². The minimum Gasteiger partial charge on any atom is -0.397 e. The molecule has 0 atom stereocenters. The fourth-order valence-electron chi connectivity index (χ4n) is 6.85. The zero-order valence-electron chi connectivity index (χ0n) is 25.7. The minimum atomic E-state index is 0.616. The van der Waals surface area contributed by atoms with Crippen molar-refractivity contribution >= 4 is 67.1 Å². The summed E-state index contributed by atoms with van der Waals surface area (Å²) < 4.78 is 4.79. The van der Waals surface area contributed by atoms with Crippen LogP contribution in [0, 0.1) is 0 Å². The molecule has 4 heteroatoms. The molecule has 8 aromatic rings.